The molecule has 0 N–H and O–H groups in total. The third-order valence-corrected chi connectivity index (χ3v) is 3.46. The van der Waals surface area contributed by atoms with Gasteiger partial charge in [-0.05, 0) is 13.8 Å². The Labute approximate surface area is 66.2 Å². The van der Waals surface area contributed by atoms with Gasteiger partial charge in [-0.15, -0.1) is 0 Å². The van der Waals surface area contributed by atoms with Gasteiger partial charge in [0.2, 0.25) is 6.08 Å². The summed E-state index contributed by atoms with van der Waals surface area (Å²) >= 11 is 0. The highest BCUT2D eigenvalue weighted by molar-refractivity contribution is 7.92. The highest BCUT2D eigenvalue weighted by Gasteiger charge is 2.14. The molecule has 0 rings (SSSR count). The van der Waals surface area contributed by atoms with E-state index in [-0.39, 0.29) is 12.3 Å². The molecule has 11 heavy (non-hydrogen) atoms. The van der Waals surface area contributed by atoms with Crippen LogP contribution >= 0.6 is 0 Å². The Balaban J connectivity index is 4.05. The molecule has 64 valence electrons. The number of nitrogens with zero attached hydrogens (tertiary/aromatic N) is 1. The number of hydrogen-bond acceptors (Lipinski definition) is 4. The molecule has 0 aliphatic heterocycles. The van der Waals surface area contributed by atoms with Crippen LogP contribution in [0.15, 0.2) is 4.99 Å². The zero-order valence-corrected chi connectivity index (χ0v) is 7.39. The third-order valence-electron chi connectivity index (χ3n) is 1.27. The van der Waals surface area contributed by atoms with Crippen molar-refractivity contribution in [3.63, 3.8) is 0 Å². The van der Waals surface area contributed by atoms with E-state index in [1.54, 1.807) is 13.8 Å². The van der Waals surface area contributed by atoms with Gasteiger partial charge in [0.05, 0.1) is 17.5 Å². The molecule has 0 spiro atoms. The van der Waals surface area contributed by atoms with Crippen LogP contribution < -0.4 is 0 Å². The third kappa shape index (κ3) is 3.91. The van der Waals surface area contributed by atoms with Gasteiger partial charge in [-0.1, -0.05) is 0 Å². The second-order valence-corrected chi connectivity index (χ2v) is 5.07. The van der Waals surface area contributed by atoms with Crippen LogP contribution in [0, 0.1) is 0 Å². The summed E-state index contributed by atoms with van der Waals surface area (Å²) in [6.45, 7) is 3.21. The van der Waals surface area contributed by atoms with Gasteiger partial charge in [0.15, 0.2) is 9.84 Å². The fraction of sp³-hybridized carbons (Fsp3) is 0.833. The maximum Gasteiger partial charge on any atom is 0.234 e. The SMILES string of the molecule is CC(C)S(=O)(=O)CCN=C=O. The molecule has 5 heteroatoms. The van der Waals surface area contributed by atoms with E-state index in [9.17, 15) is 13.2 Å². The van der Waals surface area contributed by atoms with Crippen LogP contribution in [0.5, 0.6) is 0 Å². The van der Waals surface area contributed by atoms with Crippen molar-refractivity contribution in [2.24, 2.45) is 4.99 Å². The maximum absolute atomic E-state index is 11.0. The molecule has 0 aromatic heterocycles. The molecule has 0 aliphatic rings. The Morgan fingerprint density at radius 1 is 1.45 bits per heavy atom. The average Bonchev–Trinajstić information content (AvgIpc) is 1.88. The highest BCUT2D eigenvalue weighted by Crippen LogP contribution is 1.99. The van der Waals surface area contributed by atoms with E-state index in [2.05, 4.69) is 4.99 Å². The monoisotopic (exact) mass is 177 g/mol. The topological polar surface area (TPSA) is 63.6 Å². The van der Waals surface area contributed by atoms with Crippen LogP contribution in [-0.2, 0) is 14.6 Å². The molecule has 0 bridgehead atoms. The first kappa shape index (κ1) is 10.3. The largest absolute Gasteiger partial charge is 0.234 e. The minimum absolute atomic E-state index is 0.0179. The first-order valence-electron chi connectivity index (χ1n) is 3.26. The summed E-state index contributed by atoms with van der Waals surface area (Å²) in [5.41, 5.74) is 0. The lowest BCUT2D eigenvalue weighted by atomic mass is 10.6. The van der Waals surface area contributed by atoms with Gasteiger partial charge in [0, 0.05) is 0 Å². The van der Waals surface area contributed by atoms with Gasteiger partial charge >= 0.3 is 0 Å². The van der Waals surface area contributed by atoms with Gasteiger partial charge < -0.3 is 0 Å². The summed E-state index contributed by atoms with van der Waals surface area (Å²) in [4.78, 5) is 12.7. The number of hydrogen-bond donors (Lipinski definition) is 0. The second-order valence-electron chi connectivity index (χ2n) is 2.39. The smallest absolute Gasteiger partial charge is 0.229 e. The van der Waals surface area contributed by atoms with Crippen LogP contribution in [-0.4, -0.2) is 32.0 Å². The Morgan fingerprint density at radius 2 is 2.00 bits per heavy atom. The predicted octanol–water partition coefficient (Wildman–Crippen LogP) is 0.145. The van der Waals surface area contributed by atoms with Crippen LogP contribution in [0.25, 0.3) is 0 Å². The summed E-state index contributed by atoms with van der Waals surface area (Å²) in [5.74, 6) is -0.0695. The summed E-state index contributed by atoms with van der Waals surface area (Å²) in [7, 11) is -3.04. The van der Waals surface area contributed by atoms with Crippen molar-refractivity contribution in [1.29, 1.82) is 0 Å². The van der Waals surface area contributed by atoms with Gasteiger partial charge in [0.1, 0.15) is 0 Å². The standard InChI is InChI=1S/C6H11NO3S/c1-6(2)11(9,10)4-3-7-5-8/h6H,3-4H2,1-2H3. The Morgan fingerprint density at radius 3 is 2.36 bits per heavy atom. The zero-order chi connectivity index (χ0) is 8.91. The second kappa shape index (κ2) is 4.26. The number of rotatable bonds is 4. The summed E-state index contributed by atoms with van der Waals surface area (Å²) in [6.07, 6.45) is 1.29. The maximum atomic E-state index is 11.0. The summed E-state index contributed by atoms with van der Waals surface area (Å²) < 4.78 is 22.0. The molecule has 0 aliphatic carbocycles. The van der Waals surface area contributed by atoms with E-state index in [0.29, 0.717) is 0 Å². The van der Waals surface area contributed by atoms with E-state index in [1.807, 2.05) is 0 Å². The Kier molecular flexibility index (Phi) is 4.00. The molecule has 0 amide bonds. The van der Waals surface area contributed by atoms with Crippen molar-refractivity contribution >= 4 is 15.9 Å². The summed E-state index contributed by atoms with van der Waals surface area (Å²) in [6, 6.07) is 0. The lowest BCUT2D eigenvalue weighted by Gasteiger charge is -2.03. The van der Waals surface area contributed by atoms with Gasteiger partial charge in [0.25, 0.3) is 0 Å². The van der Waals surface area contributed by atoms with Crippen molar-refractivity contribution in [3.05, 3.63) is 0 Å². The Bertz CT molecular complexity index is 249. The van der Waals surface area contributed by atoms with Crippen LogP contribution in [0.3, 0.4) is 0 Å². The van der Waals surface area contributed by atoms with Crippen LogP contribution in [0.1, 0.15) is 13.8 Å². The van der Waals surface area contributed by atoms with Gasteiger partial charge in [-0.3, -0.25) is 0 Å². The van der Waals surface area contributed by atoms with E-state index in [1.165, 1.54) is 6.08 Å². The molecular weight excluding hydrogens is 166 g/mol. The molecule has 0 aromatic carbocycles. The number of carbonyl (C=O) groups excluding carboxylic acids is 1. The Hall–Kier alpha value is -0.670. The molecule has 0 heterocycles. The molecule has 0 radical (unpaired) electrons. The van der Waals surface area contributed by atoms with Gasteiger partial charge in [-0.25, -0.2) is 18.2 Å². The molecule has 0 saturated carbocycles. The molecule has 0 unspecified atom stereocenters. The van der Waals surface area contributed by atoms with E-state index >= 15 is 0 Å². The number of sulfone groups is 1. The minimum atomic E-state index is -3.04. The van der Waals surface area contributed by atoms with Crippen molar-refractivity contribution in [3.8, 4) is 0 Å². The molecule has 0 aromatic rings. The molecule has 0 atom stereocenters. The minimum Gasteiger partial charge on any atom is -0.229 e. The molecular formula is C6H11NO3S. The molecule has 0 fully saturated rings. The fourth-order valence-electron chi connectivity index (χ4n) is 0.454. The summed E-state index contributed by atoms with van der Waals surface area (Å²) in [5, 5.41) is -0.399. The highest BCUT2D eigenvalue weighted by atomic mass is 32.2. The molecule has 4 nitrogen and oxygen atoms in total. The quantitative estimate of drug-likeness (QED) is 0.453. The van der Waals surface area contributed by atoms with E-state index < -0.39 is 15.1 Å². The lowest BCUT2D eigenvalue weighted by molar-refractivity contribution is 0.563. The molecule has 0 saturated heterocycles. The van der Waals surface area contributed by atoms with Crippen molar-refractivity contribution in [2.75, 3.05) is 12.3 Å². The van der Waals surface area contributed by atoms with Crippen molar-refractivity contribution < 1.29 is 13.2 Å². The number of aliphatic imine (C=N–C) groups is 1. The fourth-order valence-corrected chi connectivity index (χ4v) is 1.27. The van der Waals surface area contributed by atoms with Crippen molar-refractivity contribution in [2.45, 2.75) is 19.1 Å². The van der Waals surface area contributed by atoms with E-state index in [0.717, 1.165) is 0 Å². The van der Waals surface area contributed by atoms with E-state index in [4.69, 9.17) is 0 Å². The van der Waals surface area contributed by atoms with Crippen molar-refractivity contribution in [1.82, 2.24) is 0 Å². The number of isocyanates is 1. The predicted molar refractivity (Wildman–Crippen MR) is 41.9 cm³/mol. The first-order chi connectivity index (χ1) is 5.00. The zero-order valence-electron chi connectivity index (χ0n) is 6.57. The van der Waals surface area contributed by atoms with Gasteiger partial charge in [-0.2, -0.15) is 0 Å². The first-order valence-corrected chi connectivity index (χ1v) is 4.97. The van der Waals surface area contributed by atoms with Crippen LogP contribution in [0.4, 0.5) is 0 Å². The van der Waals surface area contributed by atoms with Crippen LogP contribution in [0.2, 0.25) is 0 Å². The lowest BCUT2D eigenvalue weighted by Crippen LogP contribution is -2.19. The average molecular weight is 177 g/mol. The normalized spacial score (nSPS) is 11.2.